The van der Waals surface area contributed by atoms with Crippen molar-refractivity contribution >= 4 is 17.4 Å². The van der Waals surface area contributed by atoms with E-state index in [1.165, 1.54) is 5.56 Å². The Bertz CT molecular complexity index is 952. The van der Waals surface area contributed by atoms with Gasteiger partial charge in [-0.05, 0) is 48.4 Å². The fraction of sp³-hybridized carbons (Fsp3) is 0.400. The highest BCUT2D eigenvalue weighted by Gasteiger charge is 2.30. The van der Waals surface area contributed by atoms with Gasteiger partial charge in [0.05, 0.1) is 24.6 Å². The molecule has 0 fully saturated rings. The van der Waals surface area contributed by atoms with Gasteiger partial charge in [-0.1, -0.05) is 6.07 Å². The van der Waals surface area contributed by atoms with Gasteiger partial charge in [0, 0.05) is 24.0 Å². The van der Waals surface area contributed by atoms with Gasteiger partial charge in [-0.25, -0.2) is 0 Å². The molecule has 1 aliphatic heterocycles. The number of amides is 1. The highest BCUT2D eigenvalue weighted by atomic mass is 16.5. The summed E-state index contributed by atoms with van der Waals surface area (Å²) in [6.45, 7) is 1.09. The van der Waals surface area contributed by atoms with E-state index in [2.05, 4.69) is 21.6 Å². The molecule has 6 heteroatoms. The Morgan fingerprint density at radius 1 is 1.00 bits per heavy atom. The molecule has 2 aromatic rings. The molecule has 1 N–H and O–H groups in total. The SMILES string of the molecule is O=C(Nc1c2c(cc3c1C(=O)CC3)CCC2)c1cc2c(nn1)CCOC2. The summed E-state index contributed by atoms with van der Waals surface area (Å²) in [5.41, 5.74) is 6.92. The van der Waals surface area contributed by atoms with Crippen molar-refractivity contribution in [2.45, 2.75) is 45.1 Å². The number of hydrogen-bond acceptors (Lipinski definition) is 5. The average Bonchev–Trinajstić information content (AvgIpc) is 3.28. The standard InChI is InChI=1S/C20H19N3O3/c24-17-5-4-12-8-11-2-1-3-14(11)19(18(12)17)21-20(25)16-9-13-10-26-7-6-15(13)22-23-16/h8-9H,1-7,10H2,(H,21,25). The predicted octanol–water partition coefficient (Wildman–Crippen LogP) is 2.42. The smallest absolute Gasteiger partial charge is 0.276 e. The number of hydrogen-bond donors (Lipinski definition) is 1. The first-order valence-electron chi connectivity index (χ1n) is 9.16. The van der Waals surface area contributed by atoms with Crippen LogP contribution < -0.4 is 5.32 Å². The lowest BCUT2D eigenvalue weighted by Gasteiger charge is -2.17. The zero-order valence-corrected chi connectivity index (χ0v) is 14.4. The van der Waals surface area contributed by atoms with Crippen LogP contribution in [0.1, 0.15) is 61.6 Å². The summed E-state index contributed by atoms with van der Waals surface area (Å²) >= 11 is 0. The van der Waals surface area contributed by atoms with Crippen LogP contribution in [0.15, 0.2) is 12.1 Å². The molecule has 0 saturated heterocycles. The van der Waals surface area contributed by atoms with Crippen LogP contribution in [0.4, 0.5) is 5.69 Å². The molecule has 1 aromatic heterocycles. The summed E-state index contributed by atoms with van der Waals surface area (Å²) in [6, 6.07) is 3.91. The maximum Gasteiger partial charge on any atom is 0.276 e. The van der Waals surface area contributed by atoms with E-state index in [0.29, 0.717) is 30.9 Å². The topological polar surface area (TPSA) is 81.2 Å². The molecule has 0 spiro atoms. The third-order valence-electron chi connectivity index (χ3n) is 5.55. The molecule has 1 aromatic carbocycles. The first-order valence-corrected chi connectivity index (χ1v) is 9.16. The van der Waals surface area contributed by atoms with Crippen molar-refractivity contribution in [3.8, 4) is 0 Å². The number of fused-ring (bicyclic) bond motifs is 3. The third-order valence-corrected chi connectivity index (χ3v) is 5.55. The molecule has 0 atom stereocenters. The van der Waals surface area contributed by atoms with E-state index in [9.17, 15) is 9.59 Å². The molecule has 132 valence electrons. The van der Waals surface area contributed by atoms with Gasteiger partial charge in [0.25, 0.3) is 5.91 Å². The highest BCUT2D eigenvalue weighted by Crippen LogP contribution is 2.38. The second-order valence-corrected chi connectivity index (χ2v) is 7.16. The van der Waals surface area contributed by atoms with E-state index < -0.39 is 0 Å². The molecular weight excluding hydrogens is 330 g/mol. The van der Waals surface area contributed by atoms with E-state index in [0.717, 1.165) is 54.5 Å². The van der Waals surface area contributed by atoms with E-state index in [4.69, 9.17) is 4.74 Å². The van der Waals surface area contributed by atoms with Crippen LogP contribution in [0.2, 0.25) is 0 Å². The lowest BCUT2D eigenvalue weighted by molar-refractivity contribution is 0.0995. The number of ketones is 1. The fourth-order valence-corrected chi connectivity index (χ4v) is 4.26. The van der Waals surface area contributed by atoms with Crippen molar-refractivity contribution < 1.29 is 14.3 Å². The van der Waals surface area contributed by atoms with Crippen LogP contribution in [0.3, 0.4) is 0 Å². The Labute approximate surface area is 151 Å². The second-order valence-electron chi connectivity index (χ2n) is 7.16. The van der Waals surface area contributed by atoms with E-state index in [1.54, 1.807) is 6.07 Å². The zero-order chi connectivity index (χ0) is 17.7. The minimum absolute atomic E-state index is 0.120. The minimum atomic E-state index is -0.312. The lowest BCUT2D eigenvalue weighted by Crippen LogP contribution is -2.20. The van der Waals surface area contributed by atoms with Crippen LogP contribution in [-0.4, -0.2) is 28.5 Å². The number of aryl methyl sites for hydroxylation is 2. The summed E-state index contributed by atoms with van der Waals surface area (Å²) in [6.07, 6.45) is 4.98. The molecular formula is C20H19N3O3. The molecule has 0 saturated carbocycles. The number of ether oxygens (including phenoxy) is 1. The molecule has 26 heavy (non-hydrogen) atoms. The van der Waals surface area contributed by atoms with Crippen molar-refractivity contribution in [1.82, 2.24) is 10.2 Å². The van der Waals surface area contributed by atoms with E-state index in [-0.39, 0.29) is 17.4 Å². The second kappa shape index (κ2) is 5.99. The number of nitrogens with one attached hydrogen (secondary N) is 1. The monoisotopic (exact) mass is 349 g/mol. The van der Waals surface area contributed by atoms with Gasteiger partial charge in [0.2, 0.25) is 0 Å². The Morgan fingerprint density at radius 2 is 1.92 bits per heavy atom. The maximum atomic E-state index is 12.8. The molecule has 1 amide bonds. The minimum Gasteiger partial charge on any atom is -0.376 e. The van der Waals surface area contributed by atoms with E-state index >= 15 is 0 Å². The molecule has 5 rings (SSSR count). The summed E-state index contributed by atoms with van der Waals surface area (Å²) in [5, 5.41) is 11.3. The quantitative estimate of drug-likeness (QED) is 0.900. The van der Waals surface area contributed by atoms with Crippen molar-refractivity contribution in [3.05, 3.63) is 51.3 Å². The average molecular weight is 349 g/mol. The zero-order valence-electron chi connectivity index (χ0n) is 14.4. The van der Waals surface area contributed by atoms with Crippen LogP contribution in [0.25, 0.3) is 0 Å². The molecule has 3 aliphatic rings. The van der Waals surface area contributed by atoms with Crippen molar-refractivity contribution in [2.75, 3.05) is 11.9 Å². The number of rotatable bonds is 2. The number of aromatic nitrogens is 2. The van der Waals surface area contributed by atoms with Gasteiger partial charge in [-0.3, -0.25) is 9.59 Å². The van der Waals surface area contributed by atoms with Crippen molar-refractivity contribution in [1.29, 1.82) is 0 Å². The Hall–Kier alpha value is -2.60. The van der Waals surface area contributed by atoms with Crippen molar-refractivity contribution in [2.24, 2.45) is 0 Å². The highest BCUT2D eigenvalue weighted by molar-refractivity contribution is 6.11. The number of nitrogens with zero attached hydrogens (tertiary/aromatic N) is 2. The molecule has 0 radical (unpaired) electrons. The lowest BCUT2D eigenvalue weighted by atomic mass is 9.98. The first-order chi connectivity index (χ1) is 12.7. The molecule has 2 aliphatic carbocycles. The van der Waals surface area contributed by atoms with Gasteiger partial charge in [-0.2, -0.15) is 5.10 Å². The number of benzene rings is 1. The van der Waals surface area contributed by atoms with Gasteiger partial charge in [-0.15, -0.1) is 5.10 Å². The van der Waals surface area contributed by atoms with Crippen LogP contribution in [-0.2, 0) is 37.0 Å². The Balaban J connectivity index is 1.52. The van der Waals surface area contributed by atoms with Gasteiger partial charge in [0.15, 0.2) is 11.5 Å². The molecule has 0 unspecified atom stereocenters. The Morgan fingerprint density at radius 3 is 2.85 bits per heavy atom. The number of anilines is 1. The van der Waals surface area contributed by atoms with Gasteiger partial charge >= 0.3 is 0 Å². The molecule has 0 bridgehead atoms. The van der Waals surface area contributed by atoms with Crippen LogP contribution >= 0.6 is 0 Å². The molecule has 6 nitrogen and oxygen atoms in total. The number of carbonyl (C=O) groups excluding carboxylic acids is 2. The summed E-state index contributed by atoms with van der Waals surface area (Å²) in [7, 11) is 0. The van der Waals surface area contributed by atoms with Gasteiger partial charge < -0.3 is 10.1 Å². The normalized spacial score (nSPS) is 17.6. The summed E-state index contributed by atoms with van der Waals surface area (Å²) < 4.78 is 5.44. The van der Waals surface area contributed by atoms with Crippen molar-refractivity contribution in [3.63, 3.8) is 0 Å². The predicted molar refractivity (Wildman–Crippen MR) is 94.5 cm³/mol. The maximum absolute atomic E-state index is 12.8. The number of Topliss-reactive ketones (excluding diaryl/α,β-unsaturated/α-hetero) is 1. The van der Waals surface area contributed by atoms with Gasteiger partial charge in [0.1, 0.15) is 0 Å². The Kier molecular flexibility index (Phi) is 3.60. The fourth-order valence-electron chi connectivity index (χ4n) is 4.26. The number of carbonyl (C=O) groups is 2. The van der Waals surface area contributed by atoms with Crippen LogP contribution in [0.5, 0.6) is 0 Å². The molecule has 2 heterocycles. The van der Waals surface area contributed by atoms with E-state index in [1.807, 2.05) is 0 Å². The van der Waals surface area contributed by atoms with Crippen LogP contribution in [0, 0.1) is 0 Å². The first kappa shape index (κ1) is 15.6. The summed E-state index contributed by atoms with van der Waals surface area (Å²) in [5.74, 6) is -0.192. The summed E-state index contributed by atoms with van der Waals surface area (Å²) in [4.78, 5) is 25.2. The third kappa shape index (κ3) is 2.44. The largest absolute Gasteiger partial charge is 0.376 e.